The van der Waals surface area contributed by atoms with Crippen LogP contribution in [0, 0.1) is 12.8 Å². The number of nitrogens with one attached hydrogen (secondary N) is 1. The molecule has 124 valence electrons. The molecule has 2 amide bonds. The van der Waals surface area contributed by atoms with E-state index in [1.54, 1.807) is 17.3 Å². The molecule has 1 saturated heterocycles. The predicted octanol–water partition coefficient (Wildman–Crippen LogP) is 2.94. The molecule has 1 atom stereocenters. The van der Waals surface area contributed by atoms with Crippen LogP contribution in [0.2, 0.25) is 0 Å². The molecule has 1 fully saturated rings. The summed E-state index contributed by atoms with van der Waals surface area (Å²) in [4.78, 5) is 30.7. The average molecular weight is 323 g/mol. The first-order valence-electron chi connectivity index (χ1n) is 8.20. The van der Waals surface area contributed by atoms with E-state index >= 15 is 0 Å². The Bertz CT molecular complexity index is 773. The van der Waals surface area contributed by atoms with E-state index in [4.69, 9.17) is 0 Å². The molecular formula is C19H21N3O2. The van der Waals surface area contributed by atoms with Crippen LogP contribution in [-0.2, 0) is 16.0 Å². The van der Waals surface area contributed by atoms with Crippen LogP contribution in [0.15, 0.2) is 42.7 Å². The van der Waals surface area contributed by atoms with E-state index in [0.717, 1.165) is 23.2 Å². The zero-order valence-electron chi connectivity index (χ0n) is 14.0. The van der Waals surface area contributed by atoms with Crippen molar-refractivity contribution < 1.29 is 9.59 Å². The number of benzene rings is 1. The summed E-state index contributed by atoms with van der Waals surface area (Å²) in [7, 11) is 0. The highest BCUT2D eigenvalue weighted by Crippen LogP contribution is 2.29. The van der Waals surface area contributed by atoms with Crippen molar-refractivity contribution in [1.82, 2.24) is 4.98 Å². The maximum Gasteiger partial charge on any atom is 0.229 e. The lowest BCUT2D eigenvalue weighted by Gasteiger charge is -2.20. The minimum Gasteiger partial charge on any atom is -0.324 e. The highest BCUT2D eigenvalue weighted by atomic mass is 16.2. The molecule has 2 heterocycles. The summed E-state index contributed by atoms with van der Waals surface area (Å²) in [6.45, 7) is 4.40. The third kappa shape index (κ3) is 3.15. The number of aromatic nitrogens is 1. The number of pyridine rings is 1. The number of hydrogen-bond donors (Lipinski definition) is 1. The van der Waals surface area contributed by atoms with Crippen LogP contribution in [0.3, 0.4) is 0 Å². The monoisotopic (exact) mass is 323 g/mol. The fourth-order valence-electron chi connectivity index (χ4n) is 3.02. The van der Waals surface area contributed by atoms with Crippen LogP contribution in [0.4, 0.5) is 11.4 Å². The van der Waals surface area contributed by atoms with Crippen molar-refractivity contribution in [1.29, 1.82) is 0 Å². The Hall–Kier alpha value is -2.69. The molecule has 0 aliphatic carbocycles. The molecule has 1 aliphatic rings. The van der Waals surface area contributed by atoms with Gasteiger partial charge in [0, 0.05) is 24.8 Å². The molecule has 0 spiro atoms. The van der Waals surface area contributed by atoms with Crippen LogP contribution in [0.1, 0.15) is 24.5 Å². The minimum atomic E-state index is -0.345. The second kappa shape index (κ2) is 6.83. The van der Waals surface area contributed by atoms with E-state index in [-0.39, 0.29) is 24.2 Å². The van der Waals surface area contributed by atoms with Gasteiger partial charge in [0.2, 0.25) is 11.8 Å². The fourth-order valence-corrected chi connectivity index (χ4v) is 3.02. The lowest BCUT2D eigenvalue weighted by atomic mass is 10.1. The Morgan fingerprint density at radius 2 is 2.12 bits per heavy atom. The van der Waals surface area contributed by atoms with Gasteiger partial charge in [-0.05, 0) is 36.6 Å². The molecule has 24 heavy (non-hydrogen) atoms. The average Bonchev–Trinajstić information content (AvgIpc) is 2.98. The second-order valence-corrected chi connectivity index (χ2v) is 6.07. The second-order valence-electron chi connectivity index (χ2n) is 6.07. The smallest absolute Gasteiger partial charge is 0.229 e. The van der Waals surface area contributed by atoms with Gasteiger partial charge in [0.05, 0.1) is 17.8 Å². The van der Waals surface area contributed by atoms with Crippen LogP contribution in [0.25, 0.3) is 0 Å². The molecule has 0 radical (unpaired) electrons. The molecular weight excluding hydrogens is 302 g/mol. The molecule has 5 heteroatoms. The molecule has 0 bridgehead atoms. The third-order valence-corrected chi connectivity index (χ3v) is 4.46. The van der Waals surface area contributed by atoms with Crippen molar-refractivity contribution in [3.8, 4) is 0 Å². The van der Waals surface area contributed by atoms with Crippen LogP contribution < -0.4 is 10.2 Å². The fraction of sp³-hybridized carbons (Fsp3) is 0.316. The largest absolute Gasteiger partial charge is 0.324 e. The third-order valence-electron chi connectivity index (χ3n) is 4.46. The van der Waals surface area contributed by atoms with Crippen molar-refractivity contribution in [2.45, 2.75) is 26.7 Å². The molecule has 1 N–H and O–H groups in total. The summed E-state index contributed by atoms with van der Waals surface area (Å²) < 4.78 is 0. The molecule has 5 nitrogen and oxygen atoms in total. The Kier molecular flexibility index (Phi) is 4.60. The number of aryl methyl sites for hydroxylation is 2. The number of nitrogens with zero attached hydrogens (tertiary/aromatic N) is 2. The summed E-state index contributed by atoms with van der Waals surface area (Å²) in [5.41, 5.74) is 3.69. The lowest BCUT2D eigenvalue weighted by Crippen LogP contribution is -2.28. The van der Waals surface area contributed by atoms with Crippen LogP contribution >= 0.6 is 0 Å². The van der Waals surface area contributed by atoms with Crippen LogP contribution in [0.5, 0.6) is 0 Å². The highest BCUT2D eigenvalue weighted by molar-refractivity contribution is 6.04. The van der Waals surface area contributed by atoms with Gasteiger partial charge in [-0.15, -0.1) is 0 Å². The maximum absolute atomic E-state index is 12.5. The number of amides is 2. The number of rotatable bonds is 4. The lowest BCUT2D eigenvalue weighted by molar-refractivity contribution is -0.122. The van der Waals surface area contributed by atoms with E-state index in [2.05, 4.69) is 17.2 Å². The standard InChI is InChI=1S/C19H21N3O2/c1-3-14-6-4-5-7-17(14)22-12-15(10-18(22)23)19(24)21-16-11-20-9-8-13(16)2/h4-9,11,15H,3,10,12H2,1-2H3,(H,21,24). The SMILES string of the molecule is CCc1ccccc1N1CC(C(=O)Nc2cnccc2C)CC1=O. The first-order valence-corrected chi connectivity index (χ1v) is 8.20. The number of hydrogen-bond acceptors (Lipinski definition) is 3. The van der Waals surface area contributed by atoms with Crippen molar-refractivity contribution in [2.75, 3.05) is 16.8 Å². The molecule has 1 unspecified atom stereocenters. The van der Waals surface area contributed by atoms with Crippen molar-refractivity contribution in [2.24, 2.45) is 5.92 Å². The molecule has 0 saturated carbocycles. The summed E-state index contributed by atoms with van der Waals surface area (Å²) >= 11 is 0. The van der Waals surface area contributed by atoms with Crippen molar-refractivity contribution in [3.05, 3.63) is 53.9 Å². The summed E-state index contributed by atoms with van der Waals surface area (Å²) in [6.07, 6.45) is 4.41. The first-order chi connectivity index (χ1) is 11.6. The Balaban J connectivity index is 1.75. The van der Waals surface area contributed by atoms with Gasteiger partial charge >= 0.3 is 0 Å². The summed E-state index contributed by atoms with van der Waals surface area (Å²) in [5, 5.41) is 2.89. The first kappa shape index (κ1) is 16.2. The minimum absolute atomic E-state index is 0.000964. The van der Waals surface area contributed by atoms with E-state index in [0.29, 0.717) is 12.2 Å². The van der Waals surface area contributed by atoms with E-state index in [1.165, 1.54) is 0 Å². The van der Waals surface area contributed by atoms with E-state index < -0.39 is 0 Å². The molecule has 2 aromatic rings. The van der Waals surface area contributed by atoms with Gasteiger partial charge in [-0.2, -0.15) is 0 Å². The van der Waals surface area contributed by atoms with E-state index in [9.17, 15) is 9.59 Å². The van der Waals surface area contributed by atoms with Gasteiger partial charge in [-0.25, -0.2) is 0 Å². The zero-order chi connectivity index (χ0) is 17.1. The summed E-state index contributed by atoms with van der Waals surface area (Å²) in [5.74, 6) is -0.475. The predicted molar refractivity (Wildman–Crippen MR) is 93.9 cm³/mol. The zero-order valence-corrected chi connectivity index (χ0v) is 14.0. The summed E-state index contributed by atoms with van der Waals surface area (Å²) in [6, 6.07) is 9.71. The van der Waals surface area contributed by atoms with Crippen molar-refractivity contribution in [3.63, 3.8) is 0 Å². The van der Waals surface area contributed by atoms with Gasteiger partial charge in [-0.1, -0.05) is 25.1 Å². The van der Waals surface area contributed by atoms with Gasteiger partial charge in [0.25, 0.3) is 0 Å². The highest BCUT2D eigenvalue weighted by Gasteiger charge is 2.35. The molecule has 1 aromatic heterocycles. The number of para-hydroxylation sites is 1. The number of carbonyl (C=O) groups is 2. The Morgan fingerprint density at radius 3 is 2.88 bits per heavy atom. The van der Waals surface area contributed by atoms with Gasteiger partial charge < -0.3 is 10.2 Å². The van der Waals surface area contributed by atoms with Crippen LogP contribution in [-0.4, -0.2) is 23.3 Å². The van der Waals surface area contributed by atoms with E-state index in [1.807, 2.05) is 37.3 Å². The topological polar surface area (TPSA) is 62.3 Å². The molecule has 1 aliphatic heterocycles. The number of carbonyl (C=O) groups excluding carboxylic acids is 2. The maximum atomic E-state index is 12.5. The van der Waals surface area contributed by atoms with Crippen molar-refractivity contribution >= 4 is 23.2 Å². The van der Waals surface area contributed by atoms with Gasteiger partial charge in [-0.3, -0.25) is 14.6 Å². The van der Waals surface area contributed by atoms with Gasteiger partial charge in [0.1, 0.15) is 0 Å². The molecule has 3 rings (SSSR count). The Morgan fingerprint density at radius 1 is 1.33 bits per heavy atom. The van der Waals surface area contributed by atoms with Gasteiger partial charge in [0.15, 0.2) is 0 Å². The number of anilines is 2. The normalized spacial score (nSPS) is 17.2. The Labute approximate surface area is 141 Å². The molecule has 1 aromatic carbocycles. The quantitative estimate of drug-likeness (QED) is 0.941.